The summed E-state index contributed by atoms with van der Waals surface area (Å²) in [6, 6.07) is 0. The fourth-order valence-corrected chi connectivity index (χ4v) is 4.62. The van der Waals surface area contributed by atoms with E-state index in [-0.39, 0.29) is 0 Å². The first-order valence-corrected chi connectivity index (χ1v) is 7.30. The lowest BCUT2D eigenvalue weighted by Gasteiger charge is -2.42. The standard InChI is InChI=1S/C16H28N/c1-12(11-17-4)10-14-7-9-16(3)8-5-6-13(2)15(14)16/h10,13-15H,5-9,11H2,1-4H3/q-1. The normalized spacial score (nSPS) is 42.6. The maximum absolute atomic E-state index is 4.25. The molecule has 0 bridgehead atoms. The number of hydrogen-bond donors (Lipinski definition) is 0. The molecule has 0 aromatic heterocycles. The molecule has 4 atom stereocenters. The van der Waals surface area contributed by atoms with E-state index < -0.39 is 0 Å². The highest BCUT2D eigenvalue weighted by atomic mass is 14.8. The zero-order chi connectivity index (χ0) is 12.5. The van der Waals surface area contributed by atoms with E-state index in [0.29, 0.717) is 5.41 Å². The van der Waals surface area contributed by atoms with Crippen molar-refractivity contribution in [3.63, 3.8) is 0 Å². The average Bonchev–Trinajstić information content (AvgIpc) is 2.57. The molecule has 0 saturated heterocycles. The Labute approximate surface area is 107 Å². The molecule has 2 rings (SSSR count). The average molecular weight is 234 g/mol. The van der Waals surface area contributed by atoms with Crippen LogP contribution in [0.4, 0.5) is 0 Å². The van der Waals surface area contributed by atoms with E-state index in [1.54, 1.807) is 0 Å². The molecule has 0 heterocycles. The molecule has 98 valence electrons. The minimum absolute atomic E-state index is 0.641. The van der Waals surface area contributed by atoms with Crippen molar-refractivity contribution in [2.75, 3.05) is 13.6 Å². The lowest BCUT2D eigenvalue weighted by Crippen LogP contribution is -2.34. The maximum Gasteiger partial charge on any atom is -0.0195 e. The topological polar surface area (TPSA) is 14.1 Å². The molecule has 0 aromatic rings. The maximum atomic E-state index is 4.25. The van der Waals surface area contributed by atoms with Gasteiger partial charge in [0.15, 0.2) is 0 Å². The Hall–Kier alpha value is -0.300. The van der Waals surface area contributed by atoms with E-state index in [4.69, 9.17) is 0 Å². The molecule has 1 nitrogen and oxygen atoms in total. The molecule has 2 aliphatic rings. The monoisotopic (exact) mass is 234 g/mol. The van der Waals surface area contributed by atoms with Crippen LogP contribution >= 0.6 is 0 Å². The molecule has 0 aromatic carbocycles. The molecule has 17 heavy (non-hydrogen) atoms. The Morgan fingerprint density at radius 3 is 2.82 bits per heavy atom. The third-order valence-electron chi connectivity index (χ3n) is 5.24. The molecule has 2 aliphatic carbocycles. The van der Waals surface area contributed by atoms with Crippen LogP contribution in [0.15, 0.2) is 11.6 Å². The van der Waals surface area contributed by atoms with Gasteiger partial charge >= 0.3 is 0 Å². The summed E-state index contributed by atoms with van der Waals surface area (Å²) >= 11 is 0. The largest absolute Gasteiger partial charge is 0.662 e. The van der Waals surface area contributed by atoms with E-state index in [0.717, 1.165) is 24.3 Å². The summed E-state index contributed by atoms with van der Waals surface area (Å²) in [5, 5.41) is 4.25. The first-order chi connectivity index (χ1) is 8.07. The molecular formula is C16H28N-. The van der Waals surface area contributed by atoms with Crippen LogP contribution in [0.1, 0.15) is 52.9 Å². The molecule has 0 spiro atoms. The molecule has 0 N–H and O–H groups in total. The smallest absolute Gasteiger partial charge is 0.0195 e. The summed E-state index contributed by atoms with van der Waals surface area (Å²) < 4.78 is 0. The minimum Gasteiger partial charge on any atom is -0.662 e. The minimum atomic E-state index is 0.641. The molecule has 0 aliphatic heterocycles. The van der Waals surface area contributed by atoms with E-state index in [1.165, 1.54) is 37.7 Å². The van der Waals surface area contributed by atoms with Gasteiger partial charge in [0, 0.05) is 0 Å². The van der Waals surface area contributed by atoms with Gasteiger partial charge in [0.05, 0.1) is 0 Å². The van der Waals surface area contributed by atoms with Crippen LogP contribution < -0.4 is 0 Å². The van der Waals surface area contributed by atoms with Crippen LogP contribution in [0, 0.1) is 23.2 Å². The molecule has 0 radical (unpaired) electrons. The van der Waals surface area contributed by atoms with Crippen molar-refractivity contribution in [1.82, 2.24) is 0 Å². The Kier molecular flexibility index (Phi) is 3.97. The van der Waals surface area contributed by atoms with Gasteiger partial charge in [0.25, 0.3) is 0 Å². The highest BCUT2D eigenvalue weighted by Gasteiger charge is 2.48. The van der Waals surface area contributed by atoms with Gasteiger partial charge in [-0.1, -0.05) is 38.3 Å². The summed E-state index contributed by atoms with van der Waals surface area (Å²) in [7, 11) is 1.92. The summed E-state index contributed by atoms with van der Waals surface area (Å²) in [6.07, 6.45) is 9.76. The lowest BCUT2D eigenvalue weighted by atomic mass is 9.63. The quantitative estimate of drug-likeness (QED) is 0.623. The van der Waals surface area contributed by atoms with Gasteiger partial charge in [-0.2, -0.15) is 7.05 Å². The second-order valence-corrected chi connectivity index (χ2v) is 6.74. The summed E-state index contributed by atoms with van der Waals surface area (Å²) in [5.74, 6) is 2.68. The van der Waals surface area contributed by atoms with Crippen LogP contribution in [-0.4, -0.2) is 13.6 Å². The van der Waals surface area contributed by atoms with E-state index in [2.05, 4.69) is 32.2 Å². The highest BCUT2D eigenvalue weighted by Crippen LogP contribution is 2.57. The molecule has 1 heteroatoms. The zero-order valence-electron chi connectivity index (χ0n) is 12.0. The van der Waals surface area contributed by atoms with Gasteiger partial charge in [0.2, 0.25) is 0 Å². The van der Waals surface area contributed by atoms with Gasteiger partial charge in [-0.05, 0) is 49.4 Å². The van der Waals surface area contributed by atoms with Gasteiger partial charge in [-0.15, -0.1) is 6.54 Å². The number of likely N-dealkylation sites (N-methyl/N-ethyl adjacent to an activating group) is 1. The number of fused-ring (bicyclic) bond motifs is 1. The number of rotatable bonds is 3. The Bertz CT molecular complexity index is 294. The first-order valence-electron chi connectivity index (χ1n) is 7.30. The molecular weight excluding hydrogens is 206 g/mol. The van der Waals surface area contributed by atoms with Crippen LogP contribution in [-0.2, 0) is 0 Å². The fraction of sp³-hybridized carbons (Fsp3) is 0.875. The molecule has 2 saturated carbocycles. The van der Waals surface area contributed by atoms with Gasteiger partial charge in [-0.3, -0.25) is 0 Å². The second-order valence-electron chi connectivity index (χ2n) is 6.74. The molecule has 0 amide bonds. The summed E-state index contributed by atoms with van der Waals surface area (Å²) in [4.78, 5) is 0. The van der Waals surface area contributed by atoms with Crippen molar-refractivity contribution < 1.29 is 0 Å². The van der Waals surface area contributed by atoms with Crippen molar-refractivity contribution in [2.24, 2.45) is 23.2 Å². The van der Waals surface area contributed by atoms with Crippen molar-refractivity contribution in [1.29, 1.82) is 0 Å². The van der Waals surface area contributed by atoms with Gasteiger partial charge in [-0.25, -0.2) is 0 Å². The Balaban J connectivity index is 2.12. The Morgan fingerprint density at radius 1 is 1.35 bits per heavy atom. The van der Waals surface area contributed by atoms with Crippen molar-refractivity contribution in [3.8, 4) is 0 Å². The van der Waals surface area contributed by atoms with E-state index >= 15 is 0 Å². The van der Waals surface area contributed by atoms with Crippen LogP contribution in [0.25, 0.3) is 5.32 Å². The third kappa shape index (κ3) is 2.59. The lowest BCUT2D eigenvalue weighted by molar-refractivity contribution is 0.0822. The van der Waals surface area contributed by atoms with Gasteiger partial charge < -0.3 is 5.32 Å². The van der Waals surface area contributed by atoms with Crippen LogP contribution in [0.5, 0.6) is 0 Å². The number of allylic oxidation sites excluding steroid dienone is 1. The molecule has 2 fully saturated rings. The van der Waals surface area contributed by atoms with Crippen molar-refractivity contribution in [2.45, 2.75) is 52.9 Å². The fourth-order valence-electron chi connectivity index (χ4n) is 4.62. The number of nitrogens with zero attached hydrogens (tertiary/aromatic N) is 1. The second kappa shape index (κ2) is 5.14. The zero-order valence-corrected chi connectivity index (χ0v) is 12.0. The predicted molar refractivity (Wildman–Crippen MR) is 75.2 cm³/mol. The summed E-state index contributed by atoms with van der Waals surface area (Å²) in [6.45, 7) is 8.19. The first kappa shape index (κ1) is 13.1. The SMILES string of the molecule is C[N-]CC(C)=CC1CCC2(C)CCCC(C)C12. The van der Waals surface area contributed by atoms with E-state index in [9.17, 15) is 0 Å². The predicted octanol–water partition coefficient (Wildman–Crippen LogP) is 4.79. The Morgan fingerprint density at radius 2 is 2.12 bits per heavy atom. The molecule has 4 unspecified atom stereocenters. The number of hydrogen-bond acceptors (Lipinski definition) is 0. The summed E-state index contributed by atoms with van der Waals surface area (Å²) in [5.41, 5.74) is 2.11. The highest BCUT2D eigenvalue weighted by molar-refractivity contribution is 5.13. The van der Waals surface area contributed by atoms with Crippen LogP contribution in [0.2, 0.25) is 0 Å². The van der Waals surface area contributed by atoms with E-state index in [1.807, 2.05) is 7.05 Å². The third-order valence-corrected chi connectivity index (χ3v) is 5.24. The van der Waals surface area contributed by atoms with Crippen molar-refractivity contribution >= 4 is 0 Å². The van der Waals surface area contributed by atoms with Crippen LogP contribution in [0.3, 0.4) is 0 Å². The van der Waals surface area contributed by atoms with Gasteiger partial charge in [0.1, 0.15) is 0 Å². The van der Waals surface area contributed by atoms with Crippen molar-refractivity contribution in [3.05, 3.63) is 17.0 Å².